The molecular formula is C17H18F3N5. The number of hydrogen-bond acceptors (Lipinski definition) is 5. The molecule has 4 rings (SSSR count). The van der Waals surface area contributed by atoms with Gasteiger partial charge in [-0.25, -0.2) is 15.0 Å². The van der Waals surface area contributed by atoms with Crippen molar-refractivity contribution in [1.29, 1.82) is 0 Å². The summed E-state index contributed by atoms with van der Waals surface area (Å²) in [6.07, 6.45) is -0.0489. The van der Waals surface area contributed by atoms with E-state index >= 15 is 0 Å². The topological polar surface area (TPSA) is 45.2 Å². The van der Waals surface area contributed by atoms with Gasteiger partial charge in [-0.1, -0.05) is 0 Å². The van der Waals surface area contributed by atoms with Gasteiger partial charge in [-0.05, 0) is 19.1 Å². The fourth-order valence-electron chi connectivity index (χ4n) is 3.82. The molecule has 0 aliphatic carbocycles. The summed E-state index contributed by atoms with van der Waals surface area (Å²) in [5.74, 6) is 2.53. The Balaban J connectivity index is 1.44. The van der Waals surface area contributed by atoms with Gasteiger partial charge < -0.3 is 9.80 Å². The predicted octanol–water partition coefficient (Wildman–Crippen LogP) is 2.77. The minimum absolute atomic E-state index is 0.471. The summed E-state index contributed by atoms with van der Waals surface area (Å²) >= 11 is 0. The van der Waals surface area contributed by atoms with Gasteiger partial charge in [-0.15, -0.1) is 0 Å². The van der Waals surface area contributed by atoms with Gasteiger partial charge in [-0.2, -0.15) is 13.2 Å². The molecular weight excluding hydrogens is 331 g/mol. The smallest absolute Gasteiger partial charge is 0.356 e. The van der Waals surface area contributed by atoms with E-state index in [9.17, 15) is 13.2 Å². The molecule has 132 valence electrons. The lowest BCUT2D eigenvalue weighted by atomic mass is 10.0. The van der Waals surface area contributed by atoms with Crippen molar-refractivity contribution >= 4 is 11.6 Å². The summed E-state index contributed by atoms with van der Waals surface area (Å²) in [4.78, 5) is 16.8. The van der Waals surface area contributed by atoms with E-state index in [4.69, 9.17) is 0 Å². The highest BCUT2D eigenvalue weighted by Crippen LogP contribution is 2.36. The van der Waals surface area contributed by atoms with Crippen LogP contribution in [0, 0.1) is 18.8 Å². The molecule has 8 heteroatoms. The molecule has 2 aliphatic heterocycles. The van der Waals surface area contributed by atoms with Crippen LogP contribution in [-0.2, 0) is 6.18 Å². The van der Waals surface area contributed by atoms with Crippen molar-refractivity contribution in [3.63, 3.8) is 0 Å². The molecule has 2 atom stereocenters. The number of alkyl halides is 3. The van der Waals surface area contributed by atoms with E-state index in [1.807, 2.05) is 13.1 Å². The Morgan fingerprint density at radius 1 is 0.960 bits per heavy atom. The highest BCUT2D eigenvalue weighted by Gasteiger charge is 2.41. The summed E-state index contributed by atoms with van der Waals surface area (Å²) in [6.45, 7) is 5.43. The van der Waals surface area contributed by atoms with Crippen LogP contribution in [0.5, 0.6) is 0 Å². The average Bonchev–Trinajstić information content (AvgIpc) is 3.13. The first-order valence-corrected chi connectivity index (χ1v) is 8.21. The SMILES string of the molecule is Cc1cncnc1N1CC2CN(c3ccc(C(F)(F)F)cn3)CC2C1. The quantitative estimate of drug-likeness (QED) is 0.834. The van der Waals surface area contributed by atoms with E-state index < -0.39 is 11.7 Å². The van der Waals surface area contributed by atoms with E-state index in [-0.39, 0.29) is 0 Å². The summed E-state index contributed by atoms with van der Waals surface area (Å²) in [6, 6.07) is 2.57. The summed E-state index contributed by atoms with van der Waals surface area (Å²) in [5.41, 5.74) is 0.352. The zero-order chi connectivity index (χ0) is 17.6. The van der Waals surface area contributed by atoms with Crippen LogP contribution >= 0.6 is 0 Å². The molecule has 0 aromatic carbocycles. The summed E-state index contributed by atoms with van der Waals surface area (Å²) in [7, 11) is 0. The molecule has 2 aromatic rings. The van der Waals surface area contributed by atoms with E-state index in [0.717, 1.165) is 49.8 Å². The lowest BCUT2D eigenvalue weighted by molar-refractivity contribution is -0.137. The number of rotatable bonds is 2. The Hall–Kier alpha value is -2.38. The molecule has 2 aliphatic rings. The first-order chi connectivity index (χ1) is 11.9. The van der Waals surface area contributed by atoms with Crippen LogP contribution in [0.15, 0.2) is 30.9 Å². The number of nitrogens with zero attached hydrogens (tertiary/aromatic N) is 5. The van der Waals surface area contributed by atoms with Gasteiger partial charge in [0.05, 0.1) is 5.56 Å². The fourth-order valence-corrected chi connectivity index (χ4v) is 3.82. The Morgan fingerprint density at radius 3 is 2.20 bits per heavy atom. The monoisotopic (exact) mass is 349 g/mol. The normalized spacial score (nSPS) is 23.2. The maximum atomic E-state index is 12.7. The maximum absolute atomic E-state index is 12.7. The Morgan fingerprint density at radius 2 is 1.64 bits per heavy atom. The van der Waals surface area contributed by atoms with Crippen LogP contribution in [0.2, 0.25) is 0 Å². The molecule has 2 unspecified atom stereocenters. The molecule has 4 heterocycles. The van der Waals surface area contributed by atoms with E-state index in [1.54, 1.807) is 6.33 Å². The van der Waals surface area contributed by atoms with Gasteiger partial charge in [0, 0.05) is 56.0 Å². The predicted molar refractivity (Wildman–Crippen MR) is 87.4 cm³/mol. The number of aromatic nitrogens is 3. The zero-order valence-corrected chi connectivity index (χ0v) is 13.7. The van der Waals surface area contributed by atoms with Gasteiger partial charge in [-0.3, -0.25) is 0 Å². The molecule has 2 aromatic heterocycles. The Kier molecular flexibility index (Phi) is 3.77. The van der Waals surface area contributed by atoms with Crippen molar-refractivity contribution in [3.8, 4) is 0 Å². The standard InChI is InChI=1S/C17H18F3N5/c1-11-4-21-10-23-16(11)25-8-12-6-24(7-13(12)9-25)15-3-2-14(5-22-15)17(18,19)20/h2-5,10,12-13H,6-9H2,1H3. The Labute approximate surface area is 143 Å². The van der Waals surface area contributed by atoms with Crippen LogP contribution < -0.4 is 9.80 Å². The second-order valence-corrected chi connectivity index (χ2v) is 6.76. The minimum Gasteiger partial charge on any atom is -0.356 e. The molecule has 0 radical (unpaired) electrons. The van der Waals surface area contributed by atoms with E-state index in [0.29, 0.717) is 17.7 Å². The van der Waals surface area contributed by atoms with Gasteiger partial charge >= 0.3 is 6.18 Å². The van der Waals surface area contributed by atoms with Crippen LogP contribution in [0.4, 0.5) is 24.8 Å². The molecule has 2 fully saturated rings. The third kappa shape index (κ3) is 3.01. The highest BCUT2D eigenvalue weighted by molar-refractivity contribution is 5.48. The van der Waals surface area contributed by atoms with Crippen molar-refractivity contribution in [1.82, 2.24) is 15.0 Å². The van der Waals surface area contributed by atoms with Crippen LogP contribution in [0.25, 0.3) is 0 Å². The van der Waals surface area contributed by atoms with Crippen molar-refractivity contribution in [2.75, 3.05) is 36.0 Å². The number of pyridine rings is 1. The van der Waals surface area contributed by atoms with Crippen LogP contribution in [0.3, 0.4) is 0 Å². The summed E-state index contributed by atoms with van der Waals surface area (Å²) < 4.78 is 38.0. The minimum atomic E-state index is -4.34. The molecule has 2 saturated heterocycles. The molecule has 5 nitrogen and oxygen atoms in total. The van der Waals surface area contributed by atoms with Crippen molar-refractivity contribution in [2.45, 2.75) is 13.1 Å². The van der Waals surface area contributed by atoms with E-state index in [1.165, 1.54) is 6.07 Å². The average molecular weight is 349 g/mol. The third-order valence-electron chi connectivity index (χ3n) is 5.05. The lowest BCUT2D eigenvalue weighted by Crippen LogP contribution is -2.30. The largest absolute Gasteiger partial charge is 0.417 e. The molecule has 0 spiro atoms. The van der Waals surface area contributed by atoms with Gasteiger partial charge in [0.2, 0.25) is 0 Å². The molecule has 0 amide bonds. The van der Waals surface area contributed by atoms with Crippen LogP contribution in [-0.4, -0.2) is 41.1 Å². The Bertz CT molecular complexity index is 748. The van der Waals surface area contributed by atoms with Crippen molar-refractivity contribution < 1.29 is 13.2 Å². The lowest BCUT2D eigenvalue weighted by Gasteiger charge is -2.24. The second-order valence-electron chi connectivity index (χ2n) is 6.76. The van der Waals surface area contributed by atoms with Crippen LogP contribution in [0.1, 0.15) is 11.1 Å². The zero-order valence-electron chi connectivity index (χ0n) is 13.7. The maximum Gasteiger partial charge on any atom is 0.417 e. The van der Waals surface area contributed by atoms with Crippen molar-refractivity contribution in [3.05, 3.63) is 42.0 Å². The third-order valence-corrected chi connectivity index (χ3v) is 5.05. The van der Waals surface area contributed by atoms with Gasteiger partial charge in [0.1, 0.15) is 18.0 Å². The molecule has 25 heavy (non-hydrogen) atoms. The number of hydrogen-bond donors (Lipinski definition) is 0. The number of halogens is 3. The number of anilines is 2. The number of fused-ring (bicyclic) bond motifs is 1. The fraction of sp³-hybridized carbons (Fsp3) is 0.471. The first kappa shape index (κ1) is 16.1. The van der Waals surface area contributed by atoms with Gasteiger partial charge in [0.25, 0.3) is 0 Å². The molecule has 0 bridgehead atoms. The van der Waals surface area contributed by atoms with E-state index in [2.05, 4.69) is 24.8 Å². The second kappa shape index (κ2) is 5.86. The van der Waals surface area contributed by atoms with Gasteiger partial charge in [0.15, 0.2) is 0 Å². The summed E-state index contributed by atoms with van der Waals surface area (Å²) in [5, 5.41) is 0. The number of aryl methyl sites for hydroxylation is 1. The highest BCUT2D eigenvalue weighted by atomic mass is 19.4. The molecule has 0 N–H and O–H groups in total. The molecule has 0 saturated carbocycles. The van der Waals surface area contributed by atoms with Crippen molar-refractivity contribution in [2.24, 2.45) is 11.8 Å². The first-order valence-electron chi connectivity index (χ1n) is 8.21.